The molecule has 1 atom stereocenters. The largest absolute Gasteiger partial charge is 0.338 e. The minimum Gasteiger partial charge on any atom is -0.338 e. The molecule has 1 N–H and O–H groups in total. The molecule has 2 aromatic carbocycles. The van der Waals surface area contributed by atoms with Crippen LogP contribution in [-0.4, -0.2) is 34.3 Å². The van der Waals surface area contributed by atoms with Gasteiger partial charge in [0, 0.05) is 29.7 Å². The fourth-order valence-corrected chi connectivity index (χ4v) is 4.52. The Bertz CT molecular complexity index is 1040. The lowest BCUT2D eigenvalue weighted by molar-refractivity contribution is -0.136. The number of hydrogen-bond acceptors (Lipinski definition) is 3. The first-order chi connectivity index (χ1) is 15.2. The molecule has 0 bridgehead atoms. The SMILES string of the molecule is CCN(C(=O)C(NC(=O)c1ccc2ncccc2c1)c1ccccc1)C1CCCCC1. The summed E-state index contributed by atoms with van der Waals surface area (Å²) in [6, 6.07) is 18.3. The molecule has 5 heteroatoms. The van der Waals surface area contributed by atoms with Crippen LogP contribution in [0.5, 0.6) is 0 Å². The van der Waals surface area contributed by atoms with Crippen LogP contribution >= 0.6 is 0 Å². The number of rotatable bonds is 6. The summed E-state index contributed by atoms with van der Waals surface area (Å²) in [5.41, 5.74) is 2.16. The fraction of sp³-hybridized carbons (Fsp3) is 0.346. The van der Waals surface area contributed by atoms with E-state index in [2.05, 4.69) is 10.3 Å². The van der Waals surface area contributed by atoms with Gasteiger partial charge in [-0.25, -0.2) is 0 Å². The van der Waals surface area contributed by atoms with Crippen LogP contribution in [0.1, 0.15) is 61.0 Å². The van der Waals surface area contributed by atoms with Crippen LogP contribution in [0.2, 0.25) is 0 Å². The molecule has 2 amide bonds. The number of benzene rings is 2. The number of nitrogens with zero attached hydrogens (tertiary/aromatic N) is 2. The minimum absolute atomic E-state index is 0.0311. The number of likely N-dealkylation sites (N-methyl/N-ethyl adjacent to an activating group) is 1. The molecule has 0 aliphatic heterocycles. The summed E-state index contributed by atoms with van der Waals surface area (Å²) < 4.78 is 0. The maximum Gasteiger partial charge on any atom is 0.252 e. The van der Waals surface area contributed by atoms with Gasteiger partial charge >= 0.3 is 0 Å². The zero-order valence-electron chi connectivity index (χ0n) is 18.0. The van der Waals surface area contributed by atoms with Crippen molar-refractivity contribution in [3.05, 3.63) is 78.0 Å². The predicted octanol–water partition coefficient (Wildman–Crippen LogP) is 4.89. The number of amides is 2. The summed E-state index contributed by atoms with van der Waals surface area (Å²) in [6.07, 6.45) is 7.35. The van der Waals surface area contributed by atoms with Gasteiger partial charge in [0.2, 0.25) is 5.91 Å². The highest BCUT2D eigenvalue weighted by Crippen LogP contribution is 2.26. The lowest BCUT2D eigenvalue weighted by Gasteiger charge is -2.36. The molecule has 31 heavy (non-hydrogen) atoms. The zero-order valence-corrected chi connectivity index (χ0v) is 18.0. The summed E-state index contributed by atoms with van der Waals surface area (Å²) in [5, 5.41) is 3.92. The number of fused-ring (bicyclic) bond motifs is 1. The third kappa shape index (κ3) is 4.76. The summed E-state index contributed by atoms with van der Waals surface area (Å²) in [4.78, 5) is 33.1. The summed E-state index contributed by atoms with van der Waals surface area (Å²) in [7, 11) is 0. The highest BCUT2D eigenvalue weighted by Gasteiger charge is 2.31. The molecule has 1 fully saturated rings. The van der Waals surface area contributed by atoms with Crippen molar-refractivity contribution in [3.8, 4) is 0 Å². The van der Waals surface area contributed by atoms with Crippen LogP contribution in [0.25, 0.3) is 10.9 Å². The van der Waals surface area contributed by atoms with E-state index in [1.54, 1.807) is 12.3 Å². The van der Waals surface area contributed by atoms with Gasteiger partial charge in [0.15, 0.2) is 0 Å². The Morgan fingerprint density at radius 1 is 1.03 bits per heavy atom. The molecule has 4 rings (SSSR count). The van der Waals surface area contributed by atoms with Crippen molar-refractivity contribution in [1.29, 1.82) is 0 Å². The van der Waals surface area contributed by atoms with Crippen molar-refractivity contribution in [2.75, 3.05) is 6.54 Å². The topological polar surface area (TPSA) is 62.3 Å². The number of aromatic nitrogens is 1. The Morgan fingerprint density at radius 3 is 2.55 bits per heavy atom. The van der Waals surface area contributed by atoms with Gasteiger partial charge in [-0.15, -0.1) is 0 Å². The first kappa shape index (κ1) is 21.0. The molecular weight excluding hydrogens is 386 g/mol. The van der Waals surface area contributed by atoms with E-state index >= 15 is 0 Å². The molecule has 1 saturated carbocycles. The standard InChI is InChI=1S/C26H29N3O2/c1-2-29(22-13-7-4-8-14-22)26(31)24(19-10-5-3-6-11-19)28-25(30)21-15-16-23-20(18-21)12-9-17-27-23/h3,5-6,9-12,15-18,22,24H,2,4,7-8,13-14H2,1H3,(H,28,30). The third-order valence-corrected chi connectivity index (χ3v) is 6.16. The van der Waals surface area contributed by atoms with E-state index in [9.17, 15) is 9.59 Å². The molecule has 1 aromatic heterocycles. The Morgan fingerprint density at radius 2 is 1.81 bits per heavy atom. The van der Waals surface area contributed by atoms with Crippen molar-refractivity contribution in [3.63, 3.8) is 0 Å². The van der Waals surface area contributed by atoms with E-state index in [1.165, 1.54) is 6.42 Å². The van der Waals surface area contributed by atoms with Gasteiger partial charge in [-0.1, -0.05) is 55.7 Å². The number of nitrogens with one attached hydrogen (secondary N) is 1. The van der Waals surface area contributed by atoms with E-state index in [0.717, 1.165) is 42.1 Å². The van der Waals surface area contributed by atoms with Crippen LogP contribution in [0.3, 0.4) is 0 Å². The lowest BCUT2D eigenvalue weighted by Crippen LogP contribution is -2.48. The van der Waals surface area contributed by atoms with Crippen LogP contribution in [-0.2, 0) is 4.79 Å². The van der Waals surface area contributed by atoms with Crippen LogP contribution < -0.4 is 5.32 Å². The molecule has 0 spiro atoms. The van der Waals surface area contributed by atoms with Crippen molar-refractivity contribution in [2.45, 2.75) is 51.1 Å². The molecule has 160 valence electrons. The fourth-order valence-electron chi connectivity index (χ4n) is 4.52. The normalized spacial score (nSPS) is 15.4. The van der Waals surface area contributed by atoms with Crippen LogP contribution in [0.4, 0.5) is 0 Å². The second-order valence-electron chi connectivity index (χ2n) is 8.14. The quantitative estimate of drug-likeness (QED) is 0.624. The number of carbonyl (C=O) groups excluding carboxylic acids is 2. The van der Waals surface area contributed by atoms with Gasteiger partial charge in [-0.3, -0.25) is 14.6 Å². The molecule has 3 aromatic rings. The molecule has 1 heterocycles. The van der Waals surface area contributed by atoms with Crippen molar-refractivity contribution < 1.29 is 9.59 Å². The molecule has 1 aliphatic carbocycles. The summed E-state index contributed by atoms with van der Waals surface area (Å²) in [6.45, 7) is 2.66. The summed E-state index contributed by atoms with van der Waals surface area (Å²) >= 11 is 0. The highest BCUT2D eigenvalue weighted by atomic mass is 16.2. The Kier molecular flexibility index (Phi) is 6.60. The minimum atomic E-state index is -0.708. The average molecular weight is 416 g/mol. The molecular formula is C26H29N3O2. The van der Waals surface area contributed by atoms with Crippen molar-refractivity contribution in [1.82, 2.24) is 15.2 Å². The monoisotopic (exact) mass is 415 g/mol. The first-order valence-electron chi connectivity index (χ1n) is 11.2. The predicted molar refractivity (Wildman–Crippen MR) is 123 cm³/mol. The average Bonchev–Trinajstić information content (AvgIpc) is 2.83. The Hall–Kier alpha value is -3.21. The van der Waals surface area contributed by atoms with Crippen LogP contribution in [0.15, 0.2) is 66.9 Å². The first-order valence-corrected chi connectivity index (χ1v) is 11.2. The van der Waals surface area contributed by atoms with E-state index in [4.69, 9.17) is 0 Å². The van der Waals surface area contributed by atoms with Gasteiger partial charge < -0.3 is 10.2 Å². The van der Waals surface area contributed by atoms with Gasteiger partial charge in [-0.05, 0) is 49.6 Å². The van der Waals surface area contributed by atoms with Gasteiger partial charge in [0.05, 0.1) is 5.52 Å². The highest BCUT2D eigenvalue weighted by molar-refractivity contribution is 6.00. The van der Waals surface area contributed by atoms with Gasteiger partial charge in [0.25, 0.3) is 5.91 Å². The second kappa shape index (κ2) is 9.73. The third-order valence-electron chi connectivity index (χ3n) is 6.16. The van der Waals surface area contributed by atoms with E-state index in [0.29, 0.717) is 12.1 Å². The zero-order chi connectivity index (χ0) is 21.6. The van der Waals surface area contributed by atoms with Crippen LogP contribution in [0, 0.1) is 0 Å². The number of pyridine rings is 1. The van der Waals surface area contributed by atoms with Crippen molar-refractivity contribution in [2.24, 2.45) is 0 Å². The van der Waals surface area contributed by atoms with E-state index < -0.39 is 6.04 Å². The molecule has 0 radical (unpaired) electrons. The van der Waals surface area contributed by atoms with Crippen molar-refractivity contribution >= 4 is 22.7 Å². The smallest absolute Gasteiger partial charge is 0.252 e. The second-order valence-corrected chi connectivity index (χ2v) is 8.14. The van der Waals surface area contributed by atoms with Gasteiger partial charge in [-0.2, -0.15) is 0 Å². The number of hydrogen-bond donors (Lipinski definition) is 1. The maximum absolute atomic E-state index is 13.7. The Labute approximate surface area is 183 Å². The molecule has 1 unspecified atom stereocenters. The number of carbonyl (C=O) groups is 2. The van der Waals surface area contributed by atoms with E-state index in [-0.39, 0.29) is 17.9 Å². The molecule has 1 aliphatic rings. The molecule has 5 nitrogen and oxygen atoms in total. The summed E-state index contributed by atoms with van der Waals surface area (Å²) in [5.74, 6) is -0.288. The molecule has 0 saturated heterocycles. The Balaban J connectivity index is 1.61. The van der Waals surface area contributed by atoms with Gasteiger partial charge in [0.1, 0.15) is 6.04 Å². The maximum atomic E-state index is 13.7. The van der Waals surface area contributed by atoms with E-state index in [1.807, 2.05) is 66.4 Å². The lowest BCUT2D eigenvalue weighted by atomic mass is 9.93.